The molecule has 160 valence electrons. The van der Waals surface area contributed by atoms with Crippen LogP contribution in [0.3, 0.4) is 0 Å². The lowest BCUT2D eigenvalue weighted by molar-refractivity contribution is -0.110. The summed E-state index contributed by atoms with van der Waals surface area (Å²) in [6.45, 7) is 4.23. The van der Waals surface area contributed by atoms with Crippen molar-refractivity contribution >= 4 is 28.2 Å². The van der Waals surface area contributed by atoms with E-state index in [0.29, 0.717) is 5.88 Å². The third-order valence-corrected chi connectivity index (χ3v) is 6.17. The van der Waals surface area contributed by atoms with Crippen LogP contribution in [0.15, 0.2) is 72.2 Å². The monoisotopic (exact) mass is 425 g/mol. The molecule has 1 saturated heterocycles. The van der Waals surface area contributed by atoms with Crippen LogP contribution in [0.25, 0.3) is 22.4 Å². The van der Waals surface area contributed by atoms with Crippen LogP contribution in [0.1, 0.15) is 0 Å². The van der Waals surface area contributed by atoms with Crippen LogP contribution in [-0.4, -0.2) is 53.9 Å². The van der Waals surface area contributed by atoms with Crippen LogP contribution in [-0.2, 0) is 4.79 Å². The van der Waals surface area contributed by atoms with E-state index in [1.165, 1.54) is 17.8 Å². The largest absolute Gasteiger partial charge is 0.438 e. The predicted octanol–water partition coefficient (Wildman–Crippen LogP) is 3.69. The maximum absolute atomic E-state index is 11.4. The Morgan fingerprint density at radius 1 is 0.969 bits per heavy atom. The van der Waals surface area contributed by atoms with Gasteiger partial charge in [-0.3, -0.25) is 4.79 Å². The SMILES string of the molecule is CN1CCN(c2ccc3nc(-c4ccc5c(c4)OC(=C4C=CC(=O)C=C4)N5)[nH]c3c2)CC1. The van der Waals surface area contributed by atoms with Gasteiger partial charge in [0.2, 0.25) is 5.88 Å². The number of carbonyl (C=O) groups is 1. The van der Waals surface area contributed by atoms with Gasteiger partial charge in [-0.15, -0.1) is 0 Å². The minimum atomic E-state index is -0.0205. The maximum atomic E-state index is 11.4. The number of ketones is 1. The number of likely N-dealkylation sites (N-methyl/N-ethyl adjacent to an activating group) is 1. The number of piperazine rings is 1. The van der Waals surface area contributed by atoms with Crippen molar-refractivity contribution in [1.82, 2.24) is 14.9 Å². The number of benzene rings is 2. The molecule has 2 N–H and O–H groups in total. The summed E-state index contributed by atoms with van der Waals surface area (Å²) in [7, 11) is 2.17. The molecule has 1 aliphatic carbocycles. The van der Waals surface area contributed by atoms with E-state index in [-0.39, 0.29) is 5.78 Å². The van der Waals surface area contributed by atoms with Gasteiger partial charge in [0.15, 0.2) is 11.5 Å². The van der Waals surface area contributed by atoms with E-state index >= 15 is 0 Å². The Bertz CT molecular complexity index is 1310. The van der Waals surface area contributed by atoms with Crippen molar-refractivity contribution in [1.29, 1.82) is 0 Å². The average molecular weight is 425 g/mol. The van der Waals surface area contributed by atoms with Crippen LogP contribution in [0.4, 0.5) is 11.4 Å². The smallest absolute Gasteiger partial charge is 0.205 e. The first-order chi connectivity index (χ1) is 15.6. The molecule has 0 spiro atoms. The third kappa shape index (κ3) is 3.36. The second kappa shape index (κ2) is 7.39. The number of carbonyl (C=O) groups excluding carboxylic acids is 1. The van der Waals surface area contributed by atoms with E-state index in [1.807, 2.05) is 18.2 Å². The van der Waals surface area contributed by atoms with Gasteiger partial charge < -0.3 is 24.8 Å². The Kier molecular flexibility index (Phi) is 4.36. The molecule has 0 bridgehead atoms. The first-order valence-corrected chi connectivity index (χ1v) is 10.8. The number of rotatable bonds is 2. The highest BCUT2D eigenvalue weighted by Gasteiger charge is 2.21. The van der Waals surface area contributed by atoms with Crippen LogP contribution in [0.5, 0.6) is 5.75 Å². The number of nitrogens with one attached hydrogen (secondary N) is 2. The van der Waals surface area contributed by atoms with Crippen molar-refractivity contribution in [3.63, 3.8) is 0 Å². The Morgan fingerprint density at radius 3 is 2.59 bits per heavy atom. The molecule has 1 fully saturated rings. The summed E-state index contributed by atoms with van der Waals surface area (Å²) in [6, 6.07) is 12.4. The number of fused-ring (bicyclic) bond motifs is 2. The van der Waals surface area contributed by atoms with Crippen molar-refractivity contribution in [2.45, 2.75) is 0 Å². The summed E-state index contributed by atoms with van der Waals surface area (Å²) in [5, 5.41) is 3.28. The first kappa shape index (κ1) is 18.9. The molecule has 3 heterocycles. The minimum absolute atomic E-state index is 0.0205. The van der Waals surface area contributed by atoms with Gasteiger partial charge in [-0.05, 0) is 67.7 Å². The van der Waals surface area contributed by atoms with E-state index < -0.39 is 0 Å². The van der Waals surface area contributed by atoms with Crippen LogP contribution >= 0.6 is 0 Å². The number of aromatic amines is 1. The van der Waals surface area contributed by atoms with Crippen molar-refractivity contribution in [3.8, 4) is 17.1 Å². The van der Waals surface area contributed by atoms with Crippen molar-refractivity contribution in [2.24, 2.45) is 0 Å². The van der Waals surface area contributed by atoms with Gasteiger partial charge in [0.05, 0.1) is 16.7 Å². The minimum Gasteiger partial charge on any atom is -0.438 e. The fourth-order valence-corrected chi connectivity index (χ4v) is 4.25. The number of ether oxygens (including phenoxy) is 1. The molecular formula is C25H23N5O2. The Morgan fingerprint density at radius 2 is 1.78 bits per heavy atom. The fourth-order valence-electron chi connectivity index (χ4n) is 4.25. The summed E-state index contributed by atoms with van der Waals surface area (Å²) in [4.78, 5) is 24.4. The summed E-state index contributed by atoms with van der Waals surface area (Å²) in [5.74, 6) is 2.15. The van der Waals surface area contributed by atoms with Crippen molar-refractivity contribution in [2.75, 3.05) is 43.4 Å². The molecule has 3 aliphatic rings. The number of imidazole rings is 1. The number of H-pyrrole nitrogens is 1. The van der Waals surface area contributed by atoms with Gasteiger partial charge in [-0.1, -0.05) is 0 Å². The lowest BCUT2D eigenvalue weighted by Gasteiger charge is -2.34. The number of allylic oxidation sites excluding steroid dienone is 5. The molecule has 6 rings (SSSR count). The molecule has 0 saturated carbocycles. The molecule has 3 aromatic rings. The second-order valence-corrected chi connectivity index (χ2v) is 8.37. The summed E-state index contributed by atoms with van der Waals surface area (Å²) < 4.78 is 6.03. The maximum Gasteiger partial charge on any atom is 0.205 e. The molecule has 0 atom stereocenters. The normalized spacial score (nSPS) is 18.3. The van der Waals surface area contributed by atoms with Crippen molar-refractivity contribution < 1.29 is 9.53 Å². The number of hydrogen-bond acceptors (Lipinski definition) is 6. The van der Waals surface area contributed by atoms with Gasteiger partial charge >= 0.3 is 0 Å². The van der Waals surface area contributed by atoms with E-state index in [4.69, 9.17) is 9.72 Å². The van der Waals surface area contributed by atoms with Crippen molar-refractivity contribution in [3.05, 3.63) is 72.2 Å². The van der Waals surface area contributed by atoms with E-state index in [0.717, 1.165) is 65.6 Å². The van der Waals surface area contributed by atoms with E-state index in [1.54, 1.807) is 12.2 Å². The fraction of sp³-hybridized carbons (Fsp3) is 0.200. The molecule has 2 aliphatic heterocycles. The van der Waals surface area contributed by atoms with Crippen LogP contribution < -0.4 is 15.0 Å². The van der Waals surface area contributed by atoms with Gasteiger partial charge in [0.25, 0.3) is 0 Å². The lowest BCUT2D eigenvalue weighted by Crippen LogP contribution is -2.44. The van der Waals surface area contributed by atoms with Gasteiger partial charge in [0.1, 0.15) is 5.82 Å². The number of hydrogen-bond donors (Lipinski definition) is 2. The highest BCUT2D eigenvalue weighted by molar-refractivity contribution is 6.01. The van der Waals surface area contributed by atoms with E-state index in [9.17, 15) is 4.79 Å². The van der Waals surface area contributed by atoms with Gasteiger partial charge in [-0.2, -0.15) is 0 Å². The topological polar surface area (TPSA) is 73.5 Å². The average Bonchev–Trinajstić information content (AvgIpc) is 3.43. The highest BCUT2D eigenvalue weighted by atomic mass is 16.5. The zero-order chi connectivity index (χ0) is 21.7. The Balaban J connectivity index is 1.27. The molecule has 0 unspecified atom stereocenters. The Hall–Kier alpha value is -3.84. The first-order valence-electron chi connectivity index (χ1n) is 10.8. The molecule has 7 nitrogen and oxygen atoms in total. The molecular weight excluding hydrogens is 402 g/mol. The molecule has 1 aromatic heterocycles. The molecule has 0 amide bonds. The Labute approximate surface area is 185 Å². The summed E-state index contributed by atoms with van der Waals surface area (Å²) >= 11 is 0. The van der Waals surface area contributed by atoms with E-state index in [2.05, 4.69) is 45.3 Å². The van der Waals surface area contributed by atoms with Crippen LogP contribution in [0, 0.1) is 0 Å². The lowest BCUT2D eigenvalue weighted by atomic mass is 10.1. The molecule has 32 heavy (non-hydrogen) atoms. The third-order valence-electron chi connectivity index (χ3n) is 6.17. The number of anilines is 2. The highest BCUT2D eigenvalue weighted by Crippen LogP contribution is 2.38. The molecule has 0 radical (unpaired) electrons. The number of nitrogens with zero attached hydrogens (tertiary/aromatic N) is 3. The number of aromatic nitrogens is 2. The predicted molar refractivity (Wildman–Crippen MR) is 126 cm³/mol. The summed E-state index contributed by atoms with van der Waals surface area (Å²) in [5.41, 5.74) is 5.89. The second-order valence-electron chi connectivity index (χ2n) is 8.37. The zero-order valence-electron chi connectivity index (χ0n) is 17.8. The zero-order valence-corrected chi connectivity index (χ0v) is 17.8. The summed E-state index contributed by atoms with van der Waals surface area (Å²) in [6.07, 6.45) is 6.59. The van der Waals surface area contributed by atoms with Crippen LogP contribution in [0.2, 0.25) is 0 Å². The molecule has 7 heteroatoms. The van der Waals surface area contributed by atoms with Gasteiger partial charge in [-0.25, -0.2) is 4.98 Å². The van der Waals surface area contributed by atoms with Gasteiger partial charge in [0, 0.05) is 43.0 Å². The quantitative estimate of drug-likeness (QED) is 0.652. The standard InChI is InChI=1S/C25H23N5O2/c1-29-10-12-30(13-11-29)18-5-9-20-22(15-18)27-24(26-20)17-4-8-21-23(14-17)32-25(28-21)16-2-6-19(31)7-3-16/h2-9,14-15,28H,10-13H2,1H3,(H,26,27). The molecule has 2 aromatic carbocycles.